The van der Waals surface area contributed by atoms with Gasteiger partial charge in [0, 0.05) is 24.6 Å². The smallest absolute Gasteiger partial charge is 0.338 e. The van der Waals surface area contributed by atoms with Crippen molar-refractivity contribution in [2.24, 2.45) is 0 Å². The van der Waals surface area contributed by atoms with Gasteiger partial charge in [-0.25, -0.2) is 18.9 Å². The Morgan fingerprint density at radius 3 is 2.56 bits per heavy atom. The molecule has 1 aliphatic rings. The van der Waals surface area contributed by atoms with Crippen LogP contribution in [0.1, 0.15) is 29.3 Å². The first-order chi connectivity index (χ1) is 17.4. The third-order valence-corrected chi connectivity index (χ3v) is 5.52. The molecule has 2 heterocycles. The predicted octanol–water partition coefficient (Wildman–Crippen LogP) is 3.76. The molecule has 0 bridgehead atoms. The number of halogens is 1. The molecule has 0 spiro atoms. The maximum atomic E-state index is 13.4. The van der Waals surface area contributed by atoms with Crippen LogP contribution >= 0.6 is 0 Å². The van der Waals surface area contributed by atoms with E-state index < -0.39 is 35.7 Å². The van der Waals surface area contributed by atoms with E-state index in [2.05, 4.69) is 10.3 Å². The minimum absolute atomic E-state index is 0.0480. The number of esters is 1. The van der Waals surface area contributed by atoms with Gasteiger partial charge in [-0.2, -0.15) is 0 Å². The highest BCUT2D eigenvalue weighted by molar-refractivity contribution is 6.22. The maximum absolute atomic E-state index is 13.4. The Morgan fingerprint density at radius 1 is 1.08 bits per heavy atom. The summed E-state index contributed by atoms with van der Waals surface area (Å²) in [6, 6.07) is 12.9. The van der Waals surface area contributed by atoms with Crippen molar-refractivity contribution >= 4 is 35.2 Å². The van der Waals surface area contributed by atoms with Gasteiger partial charge in [-0.05, 0) is 61.0 Å². The van der Waals surface area contributed by atoms with Crippen molar-refractivity contribution in [1.82, 2.24) is 9.88 Å². The van der Waals surface area contributed by atoms with E-state index in [-0.39, 0.29) is 30.8 Å². The van der Waals surface area contributed by atoms with Crippen molar-refractivity contribution in [2.45, 2.75) is 25.9 Å². The van der Waals surface area contributed by atoms with Crippen LogP contribution in [-0.2, 0) is 20.9 Å². The monoisotopic (exact) mass is 490 g/mol. The normalized spacial score (nSPS) is 15.2. The lowest BCUT2D eigenvalue weighted by molar-refractivity contribution is -0.124. The van der Waals surface area contributed by atoms with E-state index >= 15 is 0 Å². The summed E-state index contributed by atoms with van der Waals surface area (Å²) in [5.41, 5.74) is 1.48. The van der Waals surface area contributed by atoms with E-state index in [1.807, 2.05) is 0 Å². The lowest BCUT2D eigenvalue weighted by atomic mass is 10.1. The molecule has 1 aromatic heterocycles. The molecule has 1 N–H and O–H groups in total. The number of pyridine rings is 1. The number of aromatic nitrogens is 1. The number of benzene rings is 2. The highest BCUT2D eigenvalue weighted by Gasteiger charge is 2.46. The molecule has 4 amide bonds. The zero-order valence-electron chi connectivity index (χ0n) is 19.4. The van der Waals surface area contributed by atoms with Crippen LogP contribution in [0.5, 0.6) is 0 Å². The second-order valence-corrected chi connectivity index (χ2v) is 7.99. The summed E-state index contributed by atoms with van der Waals surface area (Å²) >= 11 is 0. The van der Waals surface area contributed by atoms with Crippen LogP contribution in [0.3, 0.4) is 0 Å². The molecule has 9 nitrogen and oxygen atoms in total. The van der Waals surface area contributed by atoms with Crippen LogP contribution < -0.4 is 10.2 Å². The van der Waals surface area contributed by atoms with Gasteiger partial charge in [0.05, 0.1) is 24.3 Å². The first kappa shape index (κ1) is 24.5. The number of rotatable bonds is 8. The van der Waals surface area contributed by atoms with Crippen LogP contribution in [0, 0.1) is 5.82 Å². The Balaban J connectivity index is 1.56. The topological polar surface area (TPSA) is 109 Å². The number of hydrogen-bond acceptors (Lipinski definition) is 6. The van der Waals surface area contributed by atoms with E-state index in [1.165, 1.54) is 23.1 Å². The summed E-state index contributed by atoms with van der Waals surface area (Å²) in [6.45, 7) is 1.95. The van der Waals surface area contributed by atoms with Gasteiger partial charge in [-0.3, -0.25) is 14.6 Å². The van der Waals surface area contributed by atoms with Crippen molar-refractivity contribution in [3.05, 3.63) is 90.0 Å². The molecule has 1 saturated heterocycles. The molecule has 36 heavy (non-hydrogen) atoms. The van der Waals surface area contributed by atoms with Crippen molar-refractivity contribution in [3.63, 3.8) is 0 Å². The Morgan fingerprint density at radius 2 is 1.86 bits per heavy atom. The molecule has 10 heteroatoms. The number of nitrogens with zero attached hydrogens (tertiary/aromatic N) is 3. The molecule has 0 aliphatic carbocycles. The molecule has 0 unspecified atom stereocenters. The molecule has 184 valence electrons. The maximum Gasteiger partial charge on any atom is 0.338 e. The van der Waals surface area contributed by atoms with Gasteiger partial charge in [0.2, 0.25) is 5.91 Å². The van der Waals surface area contributed by atoms with Gasteiger partial charge in [-0.15, -0.1) is 0 Å². The number of imide groups is 1. The van der Waals surface area contributed by atoms with Gasteiger partial charge in [-0.1, -0.05) is 12.1 Å². The summed E-state index contributed by atoms with van der Waals surface area (Å²) < 4.78 is 18.4. The van der Waals surface area contributed by atoms with Gasteiger partial charge in [0.25, 0.3) is 5.91 Å². The molecule has 4 rings (SSSR count). The largest absolute Gasteiger partial charge is 0.462 e. The Labute approximate surface area is 206 Å². The van der Waals surface area contributed by atoms with Crippen LogP contribution in [0.25, 0.3) is 0 Å². The lowest BCUT2D eigenvalue weighted by Crippen LogP contribution is -2.37. The zero-order valence-corrected chi connectivity index (χ0v) is 19.4. The van der Waals surface area contributed by atoms with Gasteiger partial charge in [0.1, 0.15) is 11.9 Å². The Bertz CT molecular complexity index is 1280. The van der Waals surface area contributed by atoms with Crippen LogP contribution in [0.4, 0.5) is 20.6 Å². The Hall–Kier alpha value is -4.60. The van der Waals surface area contributed by atoms with Crippen molar-refractivity contribution < 1.29 is 28.3 Å². The minimum Gasteiger partial charge on any atom is -0.462 e. The Kier molecular flexibility index (Phi) is 7.33. The van der Waals surface area contributed by atoms with Crippen molar-refractivity contribution in [2.75, 3.05) is 16.8 Å². The average Bonchev–Trinajstić information content (AvgIpc) is 3.09. The number of anilines is 2. The van der Waals surface area contributed by atoms with E-state index in [0.717, 1.165) is 17.0 Å². The number of hydrogen-bond donors (Lipinski definition) is 1. The lowest BCUT2D eigenvalue weighted by Gasteiger charge is -2.21. The SMILES string of the molecule is CCOC(=O)c1cccc(NC(=O)C[C@H]2C(=O)N(c3ccc(F)cc3)C(=O)N2Cc2cccnc2)c1. The average molecular weight is 490 g/mol. The summed E-state index contributed by atoms with van der Waals surface area (Å²) in [5.74, 6) is -2.17. The van der Waals surface area contributed by atoms with Crippen molar-refractivity contribution in [3.8, 4) is 0 Å². The van der Waals surface area contributed by atoms with Gasteiger partial charge >= 0.3 is 12.0 Å². The molecule has 1 atom stereocenters. The fourth-order valence-corrected chi connectivity index (χ4v) is 3.86. The van der Waals surface area contributed by atoms with Gasteiger partial charge < -0.3 is 15.0 Å². The summed E-state index contributed by atoms with van der Waals surface area (Å²) in [4.78, 5) is 57.8. The van der Waals surface area contributed by atoms with E-state index in [1.54, 1.807) is 49.6 Å². The first-order valence-corrected chi connectivity index (χ1v) is 11.2. The first-order valence-electron chi connectivity index (χ1n) is 11.2. The van der Waals surface area contributed by atoms with E-state index in [9.17, 15) is 23.6 Å². The molecule has 1 aliphatic heterocycles. The minimum atomic E-state index is -1.10. The fourth-order valence-electron chi connectivity index (χ4n) is 3.86. The number of amides is 4. The highest BCUT2D eigenvalue weighted by Crippen LogP contribution is 2.29. The predicted molar refractivity (Wildman–Crippen MR) is 128 cm³/mol. The number of urea groups is 1. The molecule has 0 saturated carbocycles. The van der Waals surface area contributed by atoms with Gasteiger partial charge in [0.15, 0.2) is 0 Å². The molecule has 1 fully saturated rings. The number of nitrogens with one attached hydrogen (secondary N) is 1. The number of carbonyl (C=O) groups is 4. The van der Waals surface area contributed by atoms with Crippen LogP contribution in [0.15, 0.2) is 73.1 Å². The third-order valence-electron chi connectivity index (χ3n) is 5.52. The number of carbonyl (C=O) groups excluding carboxylic acids is 4. The summed E-state index contributed by atoms with van der Waals surface area (Å²) in [5, 5.41) is 2.67. The fraction of sp³-hybridized carbons (Fsp3) is 0.192. The quantitative estimate of drug-likeness (QED) is 0.380. The second kappa shape index (κ2) is 10.8. The molecular formula is C26H23FN4O5. The zero-order chi connectivity index (χ0) is 25.7. The highest BCUT2D eigenvalue weighted by atomic mass is 19.1. The van der Waals surface area contributed by atoms with Crippen LogP contribution in [0.2, 0.25) is 0 Å². The standard InChI is InChI=1S/C26H23FN4O5/c1-2-36-25(34)18-6-3-7-20(13-18)29-23(32)14-22-24(33)31(21-10-8-19(27)9-11-21)26(35)30(22)16-17-5-4-12-28-15-17/h3-13,15,22H,2,14,16H2,1H3,(H,29,32)/t22-/m0/s1. The number of ether oxygens (including phenoxy) is 1. The van der Waals surface area contributed by atoms with Crippen molar-refractivity contribution in [1.29, 1.82) is 0 Å². The molecule has 3 aromatic rings. The van der Waals surface area contributed by atoms with E-state index in [0.29, 0.717) is 11.3 Å². The van der Waals surface area contributed by atoms with E-state index in [4.69, 9.17) is 4.74 Å². The van der Waals surface area contributed by atoms with Crippen LogP contribution in [-0.4, -0.2) is 46.3 Å². The summed E-state index contributed by atoms with van der Waals surface area (Å²) in [6.07, 6.45) is 2.82. The second-order valence-electron chi connectivity index (χ2n) is 7.99. The molecule has 0 radical (unpaired) electrons. The third kappa shape index (κ3) is 5.38. The molecular weight excluding hydrogens is 467 g/mol. The molecule has 2 aromatic carbocycles. The summed E-state index contributed by atoms with van der Waals surface area (Å²) in [7, 11) is 0.